The molecule has 0 amide bonds. The highest BCUT2D eigenvalue weighted by molar-refractivity contribution is 7.99. The molecule has 0 saturated heterocycles. The predicted molar refractivity (Wildman–Crippen MR) is 66.9 cm³/mol. The molecule has 0 unspecified atom stereocenters. The fourth-order valence-corrected chi connectivity index (χ4v) is 3.30. The number of thioether (sulfide) groups is 1. The number of esters is 1. The minimum absolute atomic E-state index is 0.130. The molecule has 1 heterocycles. The van der Waals surface area contributed by atoms with Crippen LogP contribution in [-0.2, 0) is 4.74 Å². The number of ketones is 1. The Hall–Kier alpha value is -1.29. The molecule has 90 valence electrons. The predicted octanol–water partition coefficient (Wildman–Crippen LogP) is 2.77. The maximum absolute atomic E-state index is 12.0. The van der Waals surface area contributed by atoms with Crippen molar-refractivity contribution in [2.75, 3.05) is 12.9 Å². The number of benzene rings is 1. The number of carbonyl (C=O) groups is 2. The van der Waals surface area contributed by atoms with Crippen LogP contribution in [0.4, 0.5) is 0 Å². The zero-order valence-electron chi connectivity index (χ0n) is 10.1. The third-order valence-corrected chi connectivity index (χ3v) is 4.21. The van der Waals surface area contributed by atoms with E-state index in [4.69, 9.17) is 4.74 Å². The van der Waals surface area contributed by atoms with Crippen LogP contribution in [-0.4, -0.2) is 24.6 Å². The Bertz CT molecular complexity index is 506. The van der Waals surface area contributed by atoms with Crippen LogP contribution in [0.15, 0.2) is 11.0 Å². The minimum atomic E-state index is -0.378. The summed E-state index contributed by atoms with van der Waals surface area (Å²) in [6.45, 7) is 3.74. The van der Waals surface area contributed by atoms with Crippen LogP contribution >= 0.6 is 11.8 Å². The molecule has 0 bridgehead atoms. The number of fused-ring (bicyclic) bond motifs is 1. The van der Waals surface area contributed by atoms with Gasteiger partial charge in [0.25, 0.3) is 0 Å². The number of ether oxygens (including phenoxy) is 1. The fourth-order valence-electron chi connectivity index (χ4n) is 2.11. The normalized spacial score (nSPS) is 14.4. The Kier molecular flexibility index (Phi) is 3.24. The molecule has 1 aromatic rings. The molecule has 1 aromatic carbocycles. The first-order valence-electron chi connectivity index (χ1n) is 5.44. The summed E-state index contributed by atoms with van der Waals surface area (Å²) in [6, 6.07) is 1.81. The van der Waals surface area contributed by atoms with E-state index in [9.17, 15) is 9.59 Å². The molecule has 1 aliphatic rings. The van der Waals surface area contributed by atoms with Crippen molar-refractivity contribution in [1.29, 1.82) is 0 Å². The van der Waals surface area contributed by atoms with E-state index in [1.807, 2.05) is 19.9 Å². The molecule has 0 radical (unpaired) electrons. The Balaban J connectivity index is 2.68. The van der Waals surface area contributed by atoms with E-state index in [1.165, 1.54) is 7.11 Å². The average Bonchev–Trinajstić information content (AvgIpc) is 2.32. The summed E-state index contributed by atoms with van der Waals surface area (Å²) in [5.41, 5.74) is 2.93. The highest BCUT2D eigenvalue weighted by Gasteiger charge is 2.25. The van der Waals surface area contributed by atoms with Gasteiger partial charge in [0.15, 0.2) is 5.78 Å². The lowest BCUT2D eigenvalue weighted by atomic mass is 9.95. The van der Waals surface area contributed by atoms with E-state index >= 15 is 0 Å². The summed E-state index contributed by atoms with van der Waals surface area (Å²) in [5, 5.41) is 0. The minimum Gasteiger partial charge on any atom is -0.465 e. The standard InChI is InChI=1S/C13H14O3S/c1-7-6-9(13(15)16-3)8(2)11-10(14)4-5-17-12(7)11/h6H,4-5H2,1-3H3. The van der Waals surface area contributed by atoms with Crippen molar-refractivity contribution in [3.05, 3.63) is 28.3 Å². The van der Waals surface area contributed by atoms with Crippen molar-refractivity contribution in [3.8, 4) is 0 Å². The van der Waals surface area contributed by atoms with Gasteiger partial charge in [-0.25, -0.2) is 4.79 Å². The lowest BCUT2D eigenvalue weighted by molar-refractivity contribution is 0.0599. The van der Waals surface area contributed by atoms with E-state index in [0.29, 0.717) is 17.5 Å². The van der Waals surface area contributed by atoms with Crippen LogP contribution < -0.4 is 0 Å². The molecule has 0 fully saturated rings. The molecule has 0 aliphatic carbocycles. The zero-order valence-corrected chi connectivity index (χ0v) is 10.9. The highest BCUT2D eigenvalue weighted by Crippen LogP contribution is 2.36. The van der Waals surface area contributed by atoms with Crippen molar-refractivity contribution in [2.24, 2.45) is 0 Å². The lowest BCUT2D eigenvalue weighted by Gasteiger charge is -2.20. The number of hydrogen-bond donors (Lipinski definition) is 0. The maximum atomic E-state index is 12.0. The van der Waals surface area contributed by atoms with Crippen LogP contribution in [0, 0.1) is 13.8 Å². The number of aryl methyl sites for hydroxylation is 1. The molecule has 0 atom stereocenters. The topological polar surface area (TPSA) is 43.4 Å². The van der Waals surface area contributed by atoms with E-state index in [2.05, 4.69) is 0 Å². The molecule has 0 saturated carbocycles. The monoisotopic (exact) mass is 250 g/mol. The Labute approximate surface area is 105 Å². The molecule has 2 rings (SSSR count). The van der Waals surface area contributed by atoms with Crippen molar-refractivity contribution in [2.45, 2.75) is 25.2 Å². The van der Waals surface area contributed by atoms with Gasteiger partial charge in [-0.15, -0.1) is 11.8 Å². The van der Waals surface area contributed by atoms with Crippen molar-refractivity contribution in [1.82, 2.24) is 0 Å². The van der Waals surface area contributed by atoms with E-state index in [1.54, 1.807) is 11.8 Å². The lowest BCUT2D eigenvalue weighted by Crippen LogP contribution is -2.15. The highest BCUT2D eigenvalue weighted by atomic mass is 32.2. The molecular weight excluding hydrogens is 236 g/mol. The Morgan fingerprint density at radius 1 is 1.41 bits per heavy atom. The molecule has 0 N–H and O–H groups in total. The third kappa shape index (κ3) is 1.97. The van der Waals surface area contributed by atoms with Crippen molar-refractivity contribution in [3.63, 3.8) is 0 Å². The van der Waals surface area contributed by atoms with Gasteiger partial charge in [-0.1, -0.05) is 0 Å². The smallest absolute Gasteiger partial charge is 0.338 e. The molecule has 1 aliphatic heterocycles. The SMILES string of the molecule is COC(=O)c1cc(C)c2c(c1C)C(=O)CCS2. The molecule has 0 aromatic heterocycles. The molecule has 3 nitrogen and oxygen atoms in total. The van der Waals surface area contributed by atoms with Crippen LogP contribution in [0.25, 0.3) is 0 Å². The van der Waals surface area contributed by atoms with Gasteiger partial charge in [-0.3, -0.25) is 4.79 Å². The van der Waals surface area contributed by atoms with Crippen LogP contribution in [0.2, 0.25) is 0 Å². The number of carbonyl (C=O) groups excluding carboxylic acids is 2. The van der Waals surface area contributed by atoms with Gasteiger partial charge in [-0.05, 0) is 31.0 Å². The molecule has 17 heavy (non-hydrogen) atoms. The Morgan fingerprint density at radius 2 is 2.12 bits per heavy atom. The first-order valence-corrected chi connectivity index (χ1v) is 6.43. The van der Waals surface area contributed by atoms with Crippen molar-refractivity contribution >= 4 is 23.5 Å². The number of hydrogen-bond acceptors (Lipinski definition) is 4. The third-order valence-electron chi connectivity index (χ3n) is 2.98. The first-order chi connectivity index (χ1) is 8.06. The van der Waals surface area contributed by atoms with Gasteiger partial charge < -0.3 is 4.74 Å². The molecule has 0 spiro atoms. The maximum Gasteiger partial charge on any atom is 0.338 e. The zero-order chi connectivity index (χ0) is 12.6. The van der Waals surface area contributed by atoms with Gasteiger partial charge in [0, 0.05) is 22.6 Å². The summed E-state index contributed by atoms with van der Waals surface area (Å²) >= 11 is 1.69. The number of rotatable bonds is 1. The van der Waals surface area contributed by atoms with Gasteiger partial charge in [0.1, 0.15) is 0 Å². The largest absolute Gasteiger partial charge is 0.465 e. The van der Waals surface area contributed by atoms with Gasteiger partial charge >= 0.3 is 5.97 Å². The second-order valence-corrected chi connectivity index (χ2v) is 5.19. The van der Waals surface area contributed by atoms with Crippen molar-refractivity contribution < 1.29 is 14.3 Å². The van der Waals surface area contributed by atoms with E-state index in [0.717, 1.165) is 21.8 Å². The summed E-state index contributed by atoms with van der Waals surface area (Å²) in [6.07, 6.45) is 0.544. The fraction of sp³-hybridized carbons (Fsp3) is 0.385. The summed E-state index contributed by atoms with van der Waals surface area (Å²) in [5.74, 6) is 0.575. The number of Topliss-reactive ketones (excluding diaryl/α,β-unsaturated/α-hetero) is 1. The van der Waals surface area contributed by atoms with Gasteiger partial charge in [0.2, 0.25) is 0 Å². The average molecular weight is 250 g/mol. The van der Waals surface area contributed by atoms with Gasteiger partial charge in [-0.2, -0.15) is 0 Å². The van der Waals surface area contributed by atoms with Crippen LogP contribution in [0.1, 0.15) is 38.3 Å². The number of methoxy groups -OCH3 is 1. The second kappa shape index (κ2) is 4.53. The van der Waals surface area contributed by atoms with Crippen LogP contribution in [0.5, 0.6) is 0 Å². The summed E-state index contributed by atoms with van der Waals surface area (Å²) in [4.78, 5) is 24.6. The molecular formula is C13H14O3S. The Morgan fingerprint density at radius 3 is 2.76 bits per heavy atom. The molecule has 4 heteroatoms. The van der Waals surface area contributed by atoms with E-state index < -0.39 is 0 Å². The quantitative estimate of drug-likeness (QED) is 0.719. The first kappa shape index (κ1) is 12.2. The van der Waals surface area contributed by atoms with Gasteiger partial charge in [0.05, 0.1) is 12.7 Å². The second-order valence-electron chi connectivity index (χ2n) is 4.08. The van der Waals surface area contributed by atoms with Crippen LogP contribution in [0.3, 0.4) is 0 Å². The summed E-state index contributed by atoms with van der Waals surface area (Å²) in [7, 11) is 1.35. The summed E-state index contributed by atoms with van der Waals surface area (Å²) < 4.78 is 4.74. The van der Waals surface area contributed by atoms with E-state index in [-0.39, 0.29) is 11.8 Å².